The molecule has 0 amide bonds. The molecule has 0 atom stereocenters. The van der Waals surface area contributed by atoms with Gasteiger partial charge in [0.15, 0.2) is 0 Å². The summed E-state index contributed by atoms with van der Waals surface area (Å²) in [6.07, 6.45) is 0.934. The van der Waals surface area contributed by atoms with Crippen LogP contribution in [0.3, 0.4) is 0 Å². The van der Waals surface area contributed by atoms with E-state index in [0.29, 0.717) is 13.2 Å². The van der Waals surface area contributed by atoms with Gasteiger partial charge in [-0.2, -0.15) is 0 Å². The number of rotatable bonds is 8. The second-order valence-corrected chi connectivity index (χ2v) is 7.61. The first-order chi connectivity index (χ1) is 14.0. The predicted molar refractivity (Wildman–Crippen MR) is 121 cm³/mol. The summed E-state index contributed by atoms with van der Waals surface area (Å²) in [6.45, 7) is 3.03. The maximum absolute atomic E-state index is 11.7. The molecule has 3 rings (SSSR count). The predicted octanol–water partition coefficient (Wildman–Crippen LogP) is 6.01. The Morgan fingerprint density at radius 1 is 0.759 bits per heavy atom. The number of likely N-dealkylation sites (N-methyl/N-ethyl adjacent to an activating group) is 1. The Morgan fingerprint density at radius 3 is 1.79 bits per heavy atom. The van der Waals surface area contributed by atoms with Gasteiger partial charge >= 0.3 is 0 Å². The minimum atomic E-state index is -0.351. The lowest BCUT2D eigenvalue weighted by atomic mass is 9.88. The van der Waals surface area contributed by atoms with Gasteiger partial charge in [0.2, 0.25) is 0 Å². The van der Waals surface area contributed by atoms with Gasteiger partial charge in [-0.3, -0.25) is 0 Å². The topological polar surface area (TPSA) is 32.3 Å². The van der Waals surface area contributed by atoms with Crippen molar-refractivity contribution in [2.24, 2.45) is 0 Å². The molecule has 3 heteroatoms. The van der Waals surface area contributed by atoms with Gasteiger partial charge in [-0.05, 0) is 46.4 Å². The molecule has 0 aliphatic rings. The lowest BCUT2D eigenvalue weighted by Gasteiger charge is -2.33. The van der Waals surface area contributed by atoms with Gasteiger partial charge in [0.1, 0.15) is 18.9 Å². The highest BCUT2D eigenvalue weighted by Gasteiger charge is 2.13. The summed E-state index contributed by atoms with van der Waals surface area (Å²) in [7, 11) is 3.25. The molecule has 0 unspecified atom stereocenters. The molecule has 0 N–H and O–H groups in total. The number of allylic oxidation sites excluding steroid dienone is 1. The van der Waals surface area contributed by atoms with Crippen molar-refractivity contribution in [3.05, 3.63) is 107 Å². The summed E-state index contributed by atoms with van der Waals surface area (Å²) < 4.78 is 5.41. The van der Waals surface area contributed by atoms with Gasteiger partial charge in [0.05, 0.1) is 14.1 Å². The fourth-order valence-corrected chi connectivity index (χ4v) is 3.39. The summed E-state index contributed by atoms with van der Waals surface area (Å²) in [5.74, 6) is 0.785. The van der Waals surface area contributed by atoms with Crippen molar-refractivity contribution in [1.29, 1.82) is 0 Å². The van der Waals surface area contributed by atoms with Crippen molar-refractivity contribution in [2.45, 2.75) is 13.3 Å². The smallest absolute Gasteiger partial charge is 0.137 e. The lowest BCUT2D eigenvalue weighted by molar-refractivity contribution is -0.840. The Labute approximate surface area is 174 Å². The highest BCUT2D eigenvalue weighted by molar-refractivity contribution is 5.98. The van der Waals surface area contributed by atoms with Crippen molar-refractivity contribution < 1.29 is 9.38 Å². The highest BCUT2D eigenvalue weighted by Crippen LogP contribution is 2.34. The summed E-state index contributed by atoms with van der Waals surface area (Å²) >= 11 is 0. The highest BCUT2D eigenvalue weighted by atomic mass is 16.5. The van der Waals surface area contributed by atoms with Crippen molar-refractivity contribution in [2.75, 3.05) is 27.2 Å². The van der Waals surface area contributed by atoms with Crippen LogP contribution < -0.4 is 4.74 Å². The molecule has 0 radical (unpaired) electrons. The van der Waals surface area contributed by atoms with Crippen molar-refractivity contribution in [3.8, 4) is 5.75 Å². The molecule has 0 saturated carbocycles. The number of quaternary nitrogens is 1. The second kappa shape index (κ2) is 9.55. The van der Waals surface area contributed by atoms with E-state index >= 15 is 0 Å². The maximum Gasteiger partial charge on any atom is 0.137 e. The molecule has 3 aromatic carbocycles. The SMILES string of the molecule is CC/C(=C(/c1ccccc1)c1ccc(OCC[N+](C)(C)[O-])cc1)c1ccccc1. The van der Waals surface area contributed by atoms with Gasteiger partial charge in [0, 0.05) is 0 Å². The molecular formula is C26H29NO2. The van der Waals surface area contributed by atoms with E-state index in [1.54, 1.807) is 14.1 Å². The minimum absolute atomic E-state index is 0.351. The van der Waals surface area contributed by atoms with E-state index in [1.807, 2.05) is 24.3 Å². The standard InChI is InChI=1S/C26H29NO2/c1-4-25(21-11-7-5-8-12-21)26(22-13-9-6-10-14-22)23-15-17-24(18-16-23)29-20-19-27(2,3)28/h5-18H,4,19-20H2,1-3H3/b26-25+. The Balaban J connectivity index is 1.96. The minimum Gasteiger partial charge on any atom is -0.633 e. The summed E-state index contributed by atoms with van der Waals surface area (Å²) in [5, 5.41) is 11.7. The molecule has 0 aliphatic heterocycles. The number of benzene rings is 3. The number of hydroxylamine groups is 3. The Bertz CT molecular complexity index is 924. The Kier molecular flexibility index (Phi) is 6.86. The molecule has 29 heavy (non-hydrogen) atoms. The average molecular weight is 388 g/mol. The fraction of sp³-hybridized carbons (Fsp3) is 0.231. The van der Waals surface area contributed by atoms with Gasteiger partial charge in [-0.25, -0.2) is 0 Å². The quantitative estimate of drug-likeness (QED) is 0.269. The molecular weight excluding hydrogens is 358 g/mol. The molecule has 0 bridgehead atoms. The van der Waals surface area contributed by atoms with Crippen LogP contribution in [-0.2, 0) is 0 Å². The first-order valence-corrected chi connectivity index (χ1v) is 10.1. The van der Waals surface area contributed by atoms with Crippen LogP contribution in [0.2, 0.25) is 0 Å². The van der Waals surface area contributed by atoms with Crippen LogP contribution in [0.25, 0.3) is 11.1 Å². The number of ether oxygens (including phenoxy) is 1. The maximum atomic E-state index is 11.7. The molecule has 0 heterocycles. The van der Waals surface area contributed by atoms with E-state index in [-0.39, 0.29) is 4.65 Å². The first kappa shape index (κ1) is 20.8. The third kappa shape index (κ3) is 5.80. The molecule has 0 aliphatic carbocycles. The Hall–Kier alpha value is -2.88. The Morgan fingerprint density at radius 2 is 1.28 bits per heavy atom. The molecule has 0 saturated heterocycles. The molecule has 150 valence electrons. The number of hydrogen-bond acceptors (Lipinski definition) is 2. The zero-order chi connectivity index (χ0) is 20.7. The van der Waals surface area contributed by atoms with Gasteiger partial charge < -0.3 is 14.6 Å². The van der Waals surface area contributed by atoms with Crippen molar-refractivity contribution in [1.82, 2.24) is 0 Å². The lowest BCUT2D eigenvalue weighted by Crippen LogP contribution is -2.36. The zero-order valence-electron chi connectivity index (χ0n) is 17.5. The molecule has 0 fully saturated rings. The van der Waals surface area contributed by atoms with Crippen molar-refractivity contribution >= 4 is 11.1 Å². The molecule has 3 aromatic rings. The number of nitrogens with zero attached hydrogens (tertiary/aromatic N) is 1. The van der Waals surface area contributed by atoms with Crippen LogP contribution in [0, 0.1) is 5.21 Å². The number of hydrogen-bond donors (Lipinski definition) is 0. The normalized spacial score (nSPS) is 12.4. The van der Waals surface area contributed by atoms with Crippen LogP contribution in [-0.4, -0.2) is 31.9 Å². The van der Waals surface area contributed by atoms with Gasteiger partial charge in [-0.15, -0.1) is 0 Å². The van der Waals surface area contributed by atoms with E-state index in [0.717, 1.165) is 17.7 Å². The van der Waals surface area contributed by atoms with Crippen LogP contribution >= 0.6 is 0 Å². The van der Waals surface area contributed by atoms with Crippen LogP contribution in [0.1, 0.15) is 30.0 Å². The third-order valence-corrected chi connectivity index (χ3v) is 4.88. The summed E-state index contributed by atoms with van der Waals surface area (Å²) in [6, 6.07) is 29.3. The second-order valence-electron chi connectivity index (χ2n) is 7.61. The average Bonchev–Trinajstić information content (AvgIpc) is 2.73. The van der Waals surface area contributed by atoms with Gasteiger partial charge in [0.25, 0.3) is 0 Å². The monoisotopic (exact) mass is 387 g/mol. The van der Waals surface area contributed by atoms with E-state index in [9.17, 15) is 5.21 Å². The third-order valence-electron chi connectivity index (χ3n) is 4.88. The van der Waals surface area contributed by atoms with E-state index in [2.05, 4.69) is 67.6 Å². The van der Waals surface area contributed by atoms with Crippen LogP contribution in [0.15, 0.2) is 84.9 Å². The zero-order valence-corrected chi connectivity index (χ0v) is 17.5. The van der Waals surface area contributed by atoms with E-state index in [4.69, 9.17) is 4.74 Å². The molecule has 3 nitrogen and oxygen atoms in total. The van der Waals surface area contributed by atoms with Gasteiger partial charge in [-0.1, -0.05) is 79.7 Å². The molecule has 0 spiro atoms. The first-order valence-electron chi connectivity index (χ1n) is 10.1. The van der Waals surface area contributed by atoms with E-state index < -0.39 is 0 Å². The van der Waals surface area contributed by atoms with Crippen molar-refractivity contribution in [3.63, 3.8) is 0 Å². The van der Waals surface area contributed by atoms with Crippen LogP contribution in [0.5, 0.6) is 5.75 Å². The fourth-order valence-electron chi connectivity index (χ4n) is 3.39. The largest absolute Gasteiger partial charge is 0.633 e. The summed E-state index contributed by atoms with van der Waals surface area (Å²) in [4.78, 5) is 0. The summed E-state index contributed by atoms with van der Waals surface area (Å²) in [5.41, 5.74) is 6.15. The van der Waals surface area contributed by atoms with Crippen LogP contribution in [0.4, 0.5) is 0 Å². The molecule has 0 aromatic heterocycles. The van der Waals surface area contributed by atoms with E-state index in [1.165, 1.54) is 22.3 Å².